The van der Waals surface area contributed by atoms with Crippen molar-refractivity contribution in [2.75, 3.05) is 26.2 Å². The van der Waals surface area contributed by atoms with E-state index in [1.165, 1.54) is 45.4 Å². The van der Waals surface area contributed by atoms with E-state index in [4.69, 9.17) is 0 Å². The second-order valence-electron chi connectivity index (χ2n) is 5.47. The maximum absolute atomic E-state index is 3.52. The molecule has 2 aliphatic rings. The van der Waals surface area contributed by atoms with Gasteiger partial charge >= 0.3 is 0 Å². The molecule has 0 radical (unpaired) electrons. The zero-order valence-electron chi connectivity index (χ0n) is 10.5. The highest BCUT2D eigenvalue weighted by Gasteiger charge is 2.20. The summed E-state index contributed by atoms with van der Waals surface area (Å²) in [5.41, 5.74) is 3.10. The first kappa shape index (κ1) is 11.2. The first-order valence-electron chi connectivity index (χ1n) is 6.91. The van der Waals surface area contributed by atoms with Gasteiger partial charge in [-0.15, -0.1) is 0 Å². The van der Waals surface area contributed by atoms with Gasteiger partial charge in [0.05, 0.1) is 0 Å². The van der Waals surface area contributed by atoms with Crippen LogP contribution in [-0.2, 0) is 13.0 Å². The third kappa shape index (κ3) is 2.70. The quantitative estimate of drug-likeness (QED) is 0.836. The van der Waals surface area contributed by atoms with Gasteiger partial charge in [-0.1, -0.05) is 24.3 Å². The van der Waals surface area contributed by atoms with E-state index in [9.17, 15) is 0 Å². The van der Waals surface area contributed by atoms with Gasteiger partial charge in [0, 0.05) is 19.6 Å². The Kier molecular flexibility index (Phi) is 3.44. The fraction of sp³-hybridized carbons (Fsp3) is 0.600. The number of nitrogens with zero attached hydrogens (tertiary/aromatic N) is 1. The largest absolute Gasteiger partial charge is 0.316 e. The van der Waals surface area contributed by atoms with E-state index in [0.717, 1.165) is 12.5 Å². The van der Waals surface area contributed by atoms with Crippen LogP contribution in [0.4, 0.5) is 0 Å². The van der Waals surface area contributed by atoms with Crippen LogP contribution in [-0.4, -0.2) is 31.1 Å². The van der Waals surface area contributed by atoms with Gasteiger partial charge in [0.25, 0.3) is 0 Å². The van der Waals surface area contributed by atoms with E-state index < -0.39 is 0 Å². The summed E-state index contributed by atoms with van der Waals surface area (Å²) in [5.74, 6) is 0.869. The second kappa shape index (κ2) is 5.19. The molecular weight excluding hydrogens is 208 g/mol. The van der Waals surface area contributed by atoms with Crippen LogP contribution in [0.1, 0.15) is 24.0 Å². The Morgan fingerprint density at radius 1 is 1.24 bits per heavy atom. The maximum atomic E-state index is 3.52. The highest BCUT2D eigenvalue weighted by molar-refractivity contribution is 5.29. The van der Waals surface area contributed by atoms with E-state index in [2.05, 4.69) is 34.5 Å². The minimum absolute atomic E-state index is 0.869. The highest BCUT2D eigenvalue weighted by Crippen LogP contribution is 2.20. The standard InChI is InChI=1S/C15H22N2/c1-2-6-15-12-17(9-7-14(15)5-1)11-13-4-3-8-16-10-13/h1-2,5-6,13,16H,3-4,7-12H2/t13-/m0/s1. The van der Waals surface area contributed by atoms with Crippen molar-refractivity contribution >= 4 is 0 Å². The Morgan fingerprint density at radius 3 is 2.94 bits per heavy atom. The van der Waals surface area contributed by atoms with Gasteiger partial charge in [-0.05, 0) is 49.4 Å². The monoisotopic (exact) mass is 230 g/mol. The maximum Gasteiger partial charge on any atom is 0.0236 e. The predicted molar refractivity (Wildman–Crippen MR) is 71.0 cm³/mol. The van der Waals surface area contributed by atoms with Crippen LogP contribution in [0.2, 0.25) is 0 Å². The second-order valence-corrected chi connectivity index (χ2v) is 5.47. The molecule has 0 spiro atoms. The summed E-state index contributed by atoms with van der Waals surface area (Å²) >= 11 is 0. The average molecular weight is 230 g/mol. The smallest absolute Gasteiger partial charge is 0.0236 e. The molecule has 0 aromatic heterocycles. The van der Waals surface area contributed by atoms with E-state index in [0.29, 0.717) is 0 Å². The topological polar surface area (TPSA) is 15.3 Å². The molecule has 0 aliphatic carbocycles. The fourth-order valence-electron chi connectivity index (χ4n) is 3.15. The van der Waals surface area contributed by atoms with Crippen LogP contribution in [0.3, 0.4) is 0 Å². The van der Waals surface area contributed by atoms with Crippen LogP contribution in [0, 0.1) is 5.92 Å². The van der Waals surface area contributed by atoms with Crippen LogP contribution < -0.4 is 5.32 Å². The van der Waals surface area contributed by atoms with Gasteiger partial charge in [0.1, 0.15) is 0 Å². The van der Waals surface area contributed by atoms with Crippen LogP contribution >= 0.6 is 0 Å². The normalized spacial score (nSPS) is 25.5. The number of hydrogen-bond donors (Lipinski definition) is 1. The lowest BCUT2D eigenvalue weighted by Crippen LogP contribution is -2.40. The summed E-state index contributed by atoms with van der Waals surface area (Å²) in [4.78, 5) is 2.64. The molecular formula is C15H22N2. The van der Waals surface area contributed by atoms with E-state index in [1.807, 2.05) is 0 Å². The van der Waals surface area contributed by atoms with Gasteiger partial charge in [-0.25, -0.2) is 0 Å². The zero-order valence-corrected chi connectivity index (χ0v) is 10.5. The van der Waals surface area contributed by atoms with Crippen molar-refractivity contribution in [2.24, 2.45) is 5.92 Å². The lowest BCUT2D eigenvalue weighted by atomic mass is 9.95. The summed E-state index contributed by atoms with van der Waals surface area (Å²) in [6.45, 7) is 6.12. The highest BCUT2D eigenvalue weighted by atomic mass is 15.1. The number of nitrogens with one attached hydrogen (secondary N) is 1. The number of hydrogen-bond acceptors (Lipinski definition) is 2. The Bertz CT molecular complexity index is 369. The van der Waals surface area contributed by atoms with Gasteiger partial charge < -0.3 is 5.32 Å². The zero-order chi connectivity index (χ0) is 11.5. The van der Waals surface area contributed by atoms with E-state index >= 15 is 0 Å². The molecule has 2 heteroatoms. The molecule has 2 nitrogen and oxygen atoms in total. The summed E-state index contributed by atoms with van der Waals surface area (Å²) in [7, 11) is 0. The van der Waals surface area contributed by atoms with Crippen LogP contribution in [0.15, 0.2) is 24.3 Å². The van der Waals surface area contributed by atoms with Gasteiger partial charge in [0.15, 0.2) is 0 Å². The molecule has 2 heterocycles. The van der Waals surface area contributed by atoms with Crippen molar-refractivity contribution in [3.8, 4) is 0 Å². The molecule has 1 N–H and O–H groups in total. The predicted octanol–water partition coefficient (Wildman–Crippen LogP) is 2.04. The Hall–Kier alpha value is -0.860. The van der Waals surface area contributed by atoms with Crippen molar-refractivity contribution in [1.29, 1.82) is 0 Å². The van der Waals surface area contributed by atoms with Crippen LogP contribution in [0.25, 0.3) is 0 Å². The number of benzene rings is 1. The summed E-state index contributed by atoms with van der Waals surface area (Å²) in [5, 5.41) is 3.52. The molecule has 1 atom stereocenters. The molecule has 1 fully saturated rings. The Balaban J connectivity index is 1.60. The molecule has 3 rings (SSSR count). The van der Waals surface area contributed by atoms with Gasteiger partial charge in [-0.2, -0.15) is 0 Å². The number of piperidine rings is 1. The molecule has 1 aromatic rings. The number of rotatable bonds is 2. The summed E-state index contributed by atoms with van der Waals surface area (Å²) in [6, 6.07) is 8.92. The molecule has 92 valence electrons. The average Bonchev–Trinajstić information content (AvgIpc) is 2.40. The third-order valence-corrected chi connectivity index (χ3v) is 4.13. The van der Waals surface area contributed by atoms with E-state index in [-0.39, 0.29) is 0 Å². The van der Waals surface area contributed by atoms with Crippen molar-refractivity contribution < 1.29 is 0 Å². The molecule has 1 saturated heterocycles. The Morgan fingerprint density at radius 2 is 2.12 bits per heavy atom. The van der Waals surface area contributed by atoms with Crippen molar-refractivity contribution in [3.05, 3.63) is 35.4 Å². The lowest BCUT2D eigenvalue weighted by molar-refractivity contribution is 0.194. The van der Waals surface area contributed by atoms with E-state index in [1.54, 1.807) is 11.1 Å². The molecule has 0 saturated carbocycles. The Labute approximate surface area is 104 Å². The molecule has 0 bridgehead atoms. The third-order valence-electron chi connectivity index (χ3n) is 4.13. The fourth-order valence-corrected chi connectivity index (χ4v) is 3.15. The van der Waals surface area contributed by atoms with Gasteiger partial charge in [-0.3, -0.25) is 4.90 Å². The van der Waals surface area contributed by atoms with Crippen molar-refractivity contribution in [3.63, 3.8) is 0 Å². The van der Waals surface area contributed by atoms with Crippen molar-refractivity contribution in [1.82, 2.24) is 10.2 Å². The summed E-state index contributed by atoms with van der Waals surface area (Å²) in [6.07, 6.45) is 4.00. The molecule has 2 aliphatic heterocycles. The minimum Gasteiger partial charge on any atom is -0.316 e. The molecule has 0 amide bonds. The minimum atomic E-state index is 0.869. The SMILES string of the molecule is c1ccc2c(c1)CCN(C[C@H]1CCCNC1)C2. The first-order chi connectivity index (χ1) is 8.42. The molecule has 1 aromatic carbocycles. The number of fused-ring (bicyclic) bond motifs is 1. The summed E-state index contributed by atoms with van der Waals surface area (Å²) < 4.78 is 0. The van der Waals surface area contributed by atoms with Gasteiger partial charge in [0.2, 0.25) is 0 Å². The lowest BCUT2D eigenvalue weighted by Gasteiger charge is -2.33. The first-order valence-corrected chi connectivity index (χ1v) is 6.91. The van der Waals surface area contributed by atoms with Crippen molar-refractivity contribution in [2.45, 2.75) is 25.8 Å². The van der Waals surface area contributed by atoms with Crippen LogP contribution in [0.5, 0.6) is 0 Å². The molecule has 0 unspecified atom stereocenters. The molecule has 17 heavy (non-hydrogen) atoms.